The molecular formula is C20H28B2O4. The Balaban J connectivity index is 1.28. The van der Waals surface area contributed by atoms with E-state index in [1.54, 1.807) is 0 Å². The van der Waals surface area contributed by atoms with E-state index in [9.17, 15) is 0 Å². The summed E-state index contributed by atoms with van der Waals surface area (Å²) in [5, 5.41) is 0. The third kappa shape index (κ3) is 1.56. The SMILES string of the molecule is CC1(C)[C@@H]2C=C3OB(B4OC5=C[C@@H]6C[C@@H](C6(C)C)[C@]5(C)O4)O[C@@]3(C)[C@H]1C2. The molecule has 138 valence electrons. The topological polar surface area (TPSA) is 36.9 Å². The highest BCUT2D eigenvalue weighted by Gasteiger charge is 2.72. The summed E-state index contributed by atoms with van der Waals surface area (Å²) in [6.45, 7) is 13.8. The van der Waals surface area contributed by atoms with Crippen molar-refractivity contribution in [3.63, 3.8) is 0 Å². The molecule has 0 aromatic rings. The molecule has 6 atom stereocenters. The van der Waals surface area contributed by atoms with Crippen molar-refractivity contribution >= 4 is 14.0 Å². The third-order valence-corrected chi connectivity index (χ3v) is 9.13. The second-order valence-corrected chi connectivity index (χ2v) is 10.9. The maximum atomic E-state index is 6.51. The van der Waals surface area contributed by atoms with Crippen molar-refractivity contribution in [3.8, 4) is 0 Å². The van der Waals surface area contributed by atoms with Gasteiger partial charge in [-0.15, -0.1) is 0 Å². The van der Waals surface area contributed by atoms with E-state index in [-0.39, 0.29) is 22.0 Å². The molecule has 8 aliphatic rings. The molecule has 2 heterocycles. The van der Waals surface area contributed by atoms with Crippen LogP contribution in [0, 0.1) is 34.5 Å². The number of hydrogen-bond acceptors (Lipinski definition) is 4. The van der Waals surface area contributed by atoms with Gasteiger partial charge < -0.3 is 18.6 Å². The number of hydrogen-bond donors (Lipinski definition) is 0. The van der Waals surface area contributed by atoms with Crippen LogP contribution in [-0.4, -0.2) is 25.2 Å². The van der Waals surface area contributed by atoms with Crippen LogP contribution < -0.4 is 0 Å². The zero-order valence-electron chi connectivity index (χ0n) is 16.7. The van der Waals surface area contributed by atoms with Crippen LogP contribution in [0.5, 0.6) is 0 Å². The van der Waals surface area contributed by atoms with Gasteiger partial charge in [0.05, 0.1) is 0 Å². The van der Waals surface area contributed by atoms with E-state index in [1.165, 1.54) is 12.8 Å². The van der Waals surface area contributed by atoms with E-state index in [1.807, 2.05) is 0 Å². The van der Waals surface area contributed by atoms with Gasteiger partial charge in [0.1, 0.15) is 22.7 Å². The second-order valence-electron chi connectivity index (χ2n) is 10.9. The Labute approximate surface area is 156 Å². The van der Waals surface area contributed by atoms with Gasteiger partial charge in [0, 0.05) is 0 Å². The van der Waals surface area contributed by atoms with Crippen LogP contribution in [0.2, 0.25) is 0 Å². The predicted molar refractivity (Wildman–Crippen MR) is 99.6 cm³/mol. The molecule has 0 unspecified atom stereocenters. The van der Waals surface area contributed by atoms with Crippen molar-refractivity contribution in [3.05, 3.63) is 23.7 Å². The first kappa shape index (κ1) is 16.1. The van der Waals surface area contributed by atoms with Crippen LogP contribution in [-0.2, 0) is 18.6 Å². The van der Waals surface area contributed by atoms with Gasteiger partial charge in [0.25, 0.3) is 0 Å². The van der Waals surface area contributed by atoms with E-state index in [2.05, 4.69) is 53.7 Å². The maximum absolute atomic E-state index is 6.51. The van der Waals surface area contributed by atoms with Crippen LogP contribution in [0.1, 0.15) is 54.4 Å². The number of rotatable bonds is 1. The smallest absolute Gasteiger partial charge is 0.539 e. The van der Waals surface area contributed by atoms with Crippen molar-refractivity contribution in [2.45, 2.75) is 65.6 Å². The molecular weight excluding hydrogens is 326 g/mol. The molecule has 4 bridgehead atoms. The Morgan fingerprint density at radius 1 is 0.731 bits per heavy atom. The summed E-state index contributed by atoms with van der Waals surface area (Å²) in [7, 11) is -0.963. The average Bonchev–Trinajstić information content (AvgIpc) is 3.09. The molecule has 0 radical (unpaired) electrons. The summed E-state index contributed by atoms with van der Waals surface area (Å²) >= 11 is 0. The minimum atomic E-state index is -0.481. The van der Waals surface area contributed by atoms with Crippen molar-refractivity contribution < 1.29 is 18.6 Å². The van der Waals surface area contributed by atoms with E-state index in [0.29, 0.717) is 23.7 Å². The van der Waals surface area contributed by atoms with E-state index >= 15 is 0 Å². The first-order chi connectivity index (χ1) is 12.1. The first-order valence-corrected chi connectivity index (χ1v) is 10.2. The van der Waals surface area contributed by atoms with Crippen molar-refractivity contribution in [1.82, 2.24) is 0 Å². The van der Waals surface area contributed by atoms with Gasteiger partial charge in [-0.1, -0.05) is 27.7 Å². The minimum Gasteiger partial charge on any atom is -0.539 e. The summed E-state index contributed by atoms with van der Waals surface area (Å²) in [6, 6.07) is 0. The monoisotopic (exact) mass is 354 g/mol. The van der Waals surface area contributed by atoms with Gasteiger partial charge in [-0.3, -0.25) is 0 Å². The molecule has 4 nitrogen and oxygen atoms in total. The zero-order valence-corrected chi connectivity index (χ0v) is 16.7. The summed E-state index contributed by atoms with van der Waals surface area (Å²) in [4.78, 5) is 0. The highest BCUT2D eigenvalue weighted by atomic mass is 16.7. The lowest BCUT2D eigenvalue weighted by molar-refractivity contribution is -0.116. The Morgan fingerprint density at radius 3 is 1.46 bits per heavy atom. The zero-order chi connectivity index (χ0) is 18.3. The molecule has 2 saturated carbocycles. The van der Waals surface area contributed by atoms with Crippen LogP contribution in [0.4, 0.5) is 0 Å². The Morgan fingerprint density at radius 2 is 1.12 bits per heavy atom. The number of allylic oxidation sites excluding steroid dienone is 2. The Kier molecular flexibility index (Phi) is 2.63. The van der Waals surface area contributed by atoms with Crippen LogP contribution >= 0.6 is 0 Å². The standard InChI is InChI=1S/C20H28B2O4/c1-17(2)11-7-13(17)19(5)15(9-11)23-21(25-19)22-24-16-10-12-8-14(18(12,3)4)20(16,6)26-22/h9-14H,7-8H2,1-6H3/t11-,12-,13-,14-,19-,20-/m0/s1. The van der Waals surface area contributed by atoms with Gasteiger partial charge in [-0.2, -0.15) is 0 Å². The lowest BCUT2D eigenvalue weighted by Crippen LogP contribution is -2.60. The van der Waals surface area contributed by atoms with E-state index in [4.69, 9.17) is 18.6 Å². The molecule has 8 rings (SSSR count). The van der Waals surface area contributed by atoms with Gasteiger partial charge in [0.15, 0.2) is 0 Å². The van der Waals surface area contributed by atoms with Gasteiger partial charge in [0.2, 0.25) is 0 Å². The predicted octanol–water partition coefficient (Wildman–Crippen LogP) is 3.77. The minimum absolute atomic E-state index is 0.279. The third-order valence-electron chi connectivity index (χ3n) is 9.13. The quantitative estimate of drug-likeness (QED) is 0.672. The highest BCUT2D eigenvalue weighted by Crippen LogP contribution is 2.66. The highest BCUT2D eigenvalue weighted by molar-refractivity contribution is 7.11. The summed E-state index contributed by atoms with van der Waals surface area (Å²) in [5.41, 5.74) is -0.135. The molecule has 6 heteroatoms. The van der Waals surface area contributed by atoms with E-state index < -0.39 is 14.0 Å². The average molecular weight is 354 g/mol. The van der Waals surface area contributed by atoms with Crippen LogP contribution in [0.25, 0.3) is 0 Å². The molecule has 0 aromatic carbocycles. The van der Waals surface area contributed by atoms with Gasteiger partial charge in [-0.05, 0) is 73.3 Å². The molecule has 0 spiro atoms. The molecule has 2 aliphatic heterocycles. The molecule has 6 aliphatic carbocycles. The Hall–Kier alpha value is -0.870. The molecule has 26 heavy (non-hydrogen) atoms. The lowest BCUT2D eigenvalue weighted by Gasteiger charge is -2.60. The molecule has 2 saturated heterocycles. The normalized spacial score (nSPS) is 51.2. The molecule has 0 aromatic heterocycles. The van der Waals surface area contributed by atoms with Gasteiger partial charge in [-0.25, -0.2) is 0 Å². The molecule has 0 N–H and O–H groups in total. The second kappa shape index (κ2) is 4.25. The van der Waals surface area contributed by atoms with Crippen LogP contribution in [0.15, 0.2) is 23.7 Å². The summed E-state index contributed by atoms with van der Waals surface area (Å²) < 4.78 is 25.5. The van der Waals surface area contributed by atoms with Gasteiger partial charge >= 0.3 is 14.0 Å². The van der Waals surface area contributed by atoms with Crippen molar-refractivity contribution in [1.29, 1.82) is 0 Å². The van der Waals surface area contributed by atoms with Crippen molar-refractivity contribution in [2.75, 3.05) is 0 Å². The van der Waals surface area contributed by atoms with Crippen LogP contribution in [0.3, 0.4) is 0 Å². The fourth-order valence-electron chi connectivity index (χ4n) is 6.99. The molecule has 0 amide bonds. The van der Waals surface area contributed by atoms with E-state index in [0.717, 1.165) is 11.5 Å². The summed E-state index contributed by atoms with van der Waals surface area (Å²) in [6.07, 6.45) is 6.97. The lowest BCUT2D eigenvalue weighted by atomic mass is 9.45. The molecule has 4 fully saturated rings. The Bertz CT molecular complexity index is 710. The summed E-state index contributed by atoms with van der Waals surface area (Å²) in [5.74, 6) is 4.17. The van der Waals surface area contributed by atoms with Crippen molar-refractivity contribution in [2.24, 2.45) is 34.5 Å². The largest absolute Gasteiger partial charge is 0.572 e. The fraction of sp³-hybridized carbons (Fsp3) is 0.800. The first-order valence-electron chi connectivity index (χ1n) is 10.2. The maximum Gasteiger partial charge on any atom is 0.572 e. The fourth-order valence-corrected chi connectivity index (χ4v) is 6.99.